The van der Waals surface area contributed by atoms with Crippen LogP contribution in [0.2, 0.25) is 0 Å². The highest BCUT2D eigenvalue weighted by Gasteiger charge is 2.16. The van der Waals surface area contributed by atoms with Crippen molar-refractivity contribution in [3.8, 4) is 6.07 Å². The molecular weight excluding hydrogens is 268 g/mol. The number of carboxylic acid groups (broad SMARTS) is 1. The Kier molecular flexibility index (Phi) is 4.89. The number of hydrogen-bond acceptors (Lipinski definition) is 4. The number of nitrogens with zero attached hydrogens (tertiary/aromatic N) is 1. The van der Waals surface area contributed by atoms with Crippen LogP contribution in [0, 0.1) is 11.3 Å². The quantitative estimate of drug-likeness (QED) is 0.854. The summed E-state index contributed by atoms with van der Waals surface area (Å²) in [4.78, 5) is 10.8. The van der Waals surface area contributed by atoms with E-state index in [1.165, 1.54) is 24.3 Å². The van der Waals surface area contributed by atoms with Crippen LogP contribution in [0.4, 0.5) is 4.79 Å². The van der Waals surface area contributed by atoms with Crippen LogP contribution in [-0.2, 0) is 9.84 Å². The Morgan fingerprint density at radius 1 is 1.42 bits per heavy atom. The Balaban J connectivity index is 3.02. The minimum atomic E-state index is -3.28. The monoisotopic (exact) mass is 282 g/mol. The first-order valence-electron chi connectivity index (χ1n) is 5.60. The second-order valence-corrected chi connectivity index (χ2v) is 6.12. The molecule has 1 aromatic carbocycles. The molecule has 1 aromatic rings. The number of nitriles is 1. The summed E-state index contributed by atoms with van der Waals surface area (Å²) < 4.78 is 23.2. The van der Waals surface area contributed by atoms with E-state index in [1.54, 1.807) is 6.92 Å². The highest BCUT2D eigenvalue weighted by Crippen LogP contribution is 2.19. The van der Waals surface area contributed by atoms with Gasteiger partial charge in [0.25, 0.3) is 0 Å². The van der Waals surface area contributed by atoms with Crippen LogP contribution < -0.4 is 5.32 Å². The molecular formula is C12H14N2O4S. The van der Waals surface area contributed by atoms with Gasteiger partial charge in [0.05, 0.1) is 29.2 Å². The summed E-state index contributed by atoms with van der Waals surface area (Å²) in [7, 11) is -3.28. The van der Waals surface area contributed by atoms with Crippen LogP contribution in [0.25, 0.3) is 0 Å². The summed E-state index contributed by atoms with van der Waals surface area (Å²) in [6, 6.07) is 7.08. The van der Waals surface area contributed by atoms with Crippen molar-refractivity contribution in [3.05, 3.63) is 29.8 Å². The van der Waals surface area contributed by atoms with E-state index in [9.17, 15) is 13.2 Å². The van der Waals surface area contributed by atoms with Crippen LogP contribution in [0.15, 0.2) is 29.2 Å². The van der Waals surface area contributed by atoms with Gasteiger partial charge in [-0.2, -0.15) is 5.26 Å². The normalized spacial score (nSPS) is 12.4. The van der Waals surface area contributed by atoms with Gasteiger partial charge in [0.15, 0.2) is 9.84 Å². The number of hydrogen-bond donors (Lipinski definition) is 2. The van der Waals surface area contributed by atoms with Crippen molar-refractivity contribution in [1.82, 2.24) is 5.32 Å². The third-order valence-corrected chi connectivity index (χ3v) is 4.37. The average Bonchev–Trinajstić information content (AvgIpc) is 2.38. The van der Waals surface area contributed by atoms with E-state index >= 15 is 0 Å². The molecule has 1 atom stereocenters. The molecule has 102 valence electrons. The minimum Gasteiger partial charge on any atom is -0.465 e. The van der Waals surface area contributed by atoms with E-state index in [1.807, 2.05) is 6.07 Å². The molecule has 0 saturated heterocycles. The smallest absolute Gasteiger partial charge is 0.405 e. The van der Waals surface area contributed by atoms with Crippen molar-refractivity contribution in [2.75, 3.05) is 5.75 Å². The van der Waals surface area contributed by atoms with Gasteiger partial charge in [0, 0.05) is 0 Å². The van der Waals surface area contributed by atoms with Gasteiger partial charge in [-0.15, -0.1) is 0 Å². The summed E-state index contributed by atoms with van der Waals surface area (Å²) in [6.07, 6.45) is -1.25. The first-order chi connectivity index (χ1) is 8.90. The van der Waals surface area contributed by atoms with E-state index in [4.69, 9.17) is 10.4 Å². The summed E-state index contributed by atoms with van der Waals surface area (Å²) in [5.41, 5.74) is 0.555. The van der Waals surface area contributed by atoms with Crippen LogP contribution >= 0.6 is 0 Å². The molecule has 0 aliphatic rings. The lowest BCUT2D eigenvalue weighted by molar-refractivity contribution is 0.190. The van der Waals surface area contributed by atoms with Gasteiger partial charge in [-0.05, 0) is 17.7 Å². The SMILES string of the molecule is CCS(=O)(=O)c1ccc([C@H](CC#N)NC(=O)O)cc1. The number of carbonyl (C=O) groups is 1. The Morgan fingerprint density at radius 3 is 2.42 bits per heavy atom. The molecule has 1 rings (SSSR count). The van der Waals surface area contributed by atoms with Gasteiger partial charge in [-0.3, -0.25) is 0 Å². The average molecular weight is 282 g/mol. The molecule has 0 aromatic heterocycles. The van der Waals surface area contributed by atoms with E-state index in [2.05, 4.69) is 5.32 Å². The Hall–Kier alpha value is -2.07. The van der Waals surface area contributed by atoms with E-state index < -0.39 is 22.0 Å². The topological polar surface area (TPSA) is 107 Å². The molecule has 0 saturated carbocycles. The van der Waals surface area contributed by atoms with Crippen LogP contribution in [0.5, 0.6) is 0 Å². The largest absolute Gasteiger partial charge is 0.465 e. The lowest BCUT2D eigenvalue weighted by atomic mass is 10.0. The highest BCUT2D eigenvalue weighted by atomic mass is 32.2. The molecule has 2 N–H and O–H groups in total. The van der Waals surface area contributed by atoms with Gasteiger partial charge >= 0.3 is 6.09 Å². The van der Waals surface area contributed by atoms with Crippen molar-refractivity contribution >= 4 is 15.9 Å². The predicted molar refractivity (Wildman–Crippen MR) is 68.3 cm³/mol. The van der Waals surface area contributed by atoms with Crippen LogP contribution in [-0.4, -0.2) is 25.4 Å². The number of benzene rings is 1. The van der Waals surface area contributed by atoms with Crippen LogP contribution in [0.3, 0.4) is 0 Å². The van der Waals surface area contributed by atoms with Crippen molar-refractivity contribution < 1.29 is 18.3 Å². The van der Waals surface area contributed by atoms with Gasteiger partial charge in [-0.1, -0.05) is 19.1 Å². The summed E-state index contributed by atoms with van der Waals surface area (Å²) in [5.74, 6) is 0.00134. The molecule has 0 bridgehead atoms. The lowest BCUT2D eigenvalue weighted by Crippen LogP contribution is -2.26. The van der Waals surface area contributed by atoms with E-state index in [0.29, 0.717) is 5.56 Å². The zero-order valence-electron chi connectivity index (χ0n) is 10.3. The number of nitrogens with one attached hydrogen (secondary N) is 1. The molecule has 1 amide bonds. The maximum Gasteiger partial charge on any atom is 0.405 e. The molecule has 6 nitrogen and oxygen atoms in total. The van der Waals surface area contributed by atoms with Gasteiger partial charge in [0.1, 0.15) is 0 Å². The lowest BCUT2D eigenvalue weighted by Gasteiger charge is -2.14. The maximum absolute atomic E-state index is 11.6. The van der Waals surface area contributed by atoms with Crippen molar-refractivity contribution in [2.24, 2.45) is 0 Å². The molecule has 0 aliphatic heterocycles. The fourth-order valence-electron chi connectivity index (χ4n) is 1.57. The van der Waals surface area contributed by atoms with Crippen LogP contribution in [0.1, 0.15) is 24.9 Å². The molecule has 0 radical (unpaired) electrons. The molecule has 0 spiro atoms. The van der Waals surface area contributed by atoms with Gasteiger partial charge in [0.2, 0.25) is 0 Å². The van der Waals surface area contributed by atoms with Crippen molar-refractivity contribution in [2.45, 2.75) is 24.3 Å². The Morgan fingerprint density at radius 2 is 2.00 bits per heavy atom. The fourth-order valence-corrected chi connectivity index (χ4v) is 2.45. The zero-order chi connectivity index (χ0) is 14.5. The van der Waals surface area contributed by atoms with E-state index in [-0.39, 0.29) is 17.1 Å². The third-order valence-electron chi connectivity index (χ3n) is 2.61. The van der Waals surface area contributed by atoms with E-state index in [0.717, 1.165) is 0 Å². The second-order valence-electron chi connectivity index (χ2n) is 3.84. The third kappa shape index (κ3) is 3.96. The predicted octanol–water partition coefficient (Wildman–Crippen LogP) is 1.70. The minimum absolute atomic E-state index is 0.00134. The maximum atomic E-state index is 11.6. The zero-order valence-corrected chi connectivity index (χ0v) is 11.1. The molecule has 7 heteroatoms. The van der Waals surface area contributed by atoms with Crippen molar-refractivity contribution in [1.29, 1.82) is 5.26 Å². The fraction of sp³-hybridized carbons (Fsp3) is 0.333. The highest BCUT2D eigenvalue weighted by molar-refractivity contribution is 7.91. The molecule has 0 fully saturated rings. The van der Waals surface area contributed by atoms with Gasteiger partial charge in [-0.25, -0.2) is 13.2 Å². The summed E-state index contributed by atoms with van der Waals surface area (Å²) >= 11 is 0. The standard InChI is InChI=1S/C12H14N2O4S/c1-2-19(17,18)10-5-3-9(4-6-10)11(7-8-13)14-12(15)16/h3-6,11,14H,2,7H2,1H3,(H,15,16)/t11-/m0/s1. The molecule has 0 heterocycles. The second kappa shape index (κ2) is 6.20. The number of amides is 1. The molecule has 0 aliphatic carbocycles. The molecule has 0 unspecified atom stereocenters. The summed E-state index contributed by atoms with van der Waals surface area (Å²) in [6.45, 7) is 1.55. The first-order valence-corrected chi connectivity index (χ1v) is 7.25. The number of sulfone groups is 1. The Labute approximate surface area is 111 Å². The molecule has 19 heavy (non-hydrogen) atoms. The van der Waals surface area contributed by atoms with Crippen molar-refractivity contribution in [3.63, 3.8) is 0 Å². The first kappa shape index (κ1) is 15.0. The van der Waals surface area contributed by atoms with Gasteiger partial charge < -0.3 is 10.4 Å². The summed E-state index contributed by atoms with van der Waals surface area (Å²) in [5, 5.41) is 19.5. The number of rotatable bonds is 5. The Bertz CT molecular complexity index is 587.